The van der Waals surface area contributed by atoms with Crippen LogP contribution in [0.2, 0.25) is 0 Å². The highest BCUT2D eigenvalue weighted by Crippen LogP contribution is 2.24. The molecule has 1 aliphatic heterocycles. The topological polar surface area (TPSA) is 119 Å². The van der Waals surface area contributed by atoms with Crippen LogP contribution in [0.3, 0.4) is 0 Å². The number of nitrogens with one attached hydrogen (secondary N) is 2. The van der Waals surface area contributed by atoms with E-state index in [9.17, 15) is 17.6 Å². The number of carbonyl (C=O) groups is 2. The number of halogens is 1. The van der Waals surface area contributed by atoms with Crippen molar-refractivity contribution in [3.8, 4) is 0 Å². The summed E-state index contributed by atoms with van der Waals surface area (Å²) in [7, 11) is 1.43. The van der Waals surface area contributed by atoms with Crippen molar-refractivity contribution < 1.29 is 27.5 Å². The number of likely N-dealkylation sites (N-methyl/N-ethyl adjacent to an activating group) is 1. The fourth-order valence-electron chi connectivity index (χ4n) is 3.24. The molecule has 1 amide bonds. The molecule has 0 aliphatic carbocycles. The predicted molar refractivity (Wildman–Crippen MR) is 112 cm³/mol. The summed E-state index contributed by atoms with van der Waals surface area (Å²) in [6.45, 7) is 0.463. The number of carboxylic acid groups (broad SMARTS) is 1. The van der Waals surface area contributed by atoms with Gasteiger partial charge in [-0.05, 0) is 37.9 Å². The first-order valence-electron chi connectivity index (χ1n) is 9.59. The van der Waals surface area contributed by atoms with E-state index >= 15 is 0 Å². The van der Waals surface area contributed by atoms with Gasteiger partial charge >= 0.3 is 0 Å². The van der Waals surface area contributed by atoms with E-state index < -0.39 is 10.2 Å². The number of carbonyl (C=O) groups excluding carboxylic acids is 1. The maximum Gasteiger partial charge on any atom is 0.290 e. The molecule has 3 N–H and O–H groups in total. The molecule has 0 bridgehead atoms. The smallest absolute Gasteiger partial charge is 0.290 e. The number of amides is 1. The van der Waals surface area contributed by atoms with E-state index in [1.165, 1.54) is 20.2 Å². The Hall–Kier alpha value is -2.08. The minimum Gasteiger partial charge on any atom is -0.483 e. The normalized spacial score (nSPS) is 19.2. The van der Waals surface area contributed by atoms with Gasteiger partial charge in [-0.25, -0.2) is 9.11 Å². The molecule has 1 saturated heterocycles. The van der Waals surface area contributed by atoms with Crippen LogP contribution in [0, 0.1) is 5.82 Å². The van der Waals surface area contributed by atoms with Gasteiger partial charge in [0, 0.05) is 45.7 Å². The van der Waals surface area contributed by atoms with Crippen LogP contribution in [-0.2, 0) is 26.2 Å². The van der Waals surface area contributed by atoms with Crippen LogP contribution >= 0.6 is 0 Å². The van der Waals surface area contributed by atoms with Gasteiger partial charge in [-0.2, -0.15) is 12.7 Å². The Morgan fingerprint density at radius 2 is 1.90 bits per heavy atom. The van der Waals surface area contributed by atoms with Crippen molar-refractivity contribution >= 4 is 22.6 Å². The van der Waals surface area contributed by atoms with E-state index in [1.54, 1.807) is 18.2 Å². The van der Waals surface area contributed by atoms with Gasteiger partial charge in [0.15, 0.2) is 0 Å². The average Bonchev–Trinajstić information content (AvgIpc) is 3.02. The van der Waals surface area contributed by atoms with Gasteiger partial charge in [-0.1, -0.05) is 18.2 Å². The Labute approximate surface area is 177 Å². The molecule has 0 unspecified atom stereocenters. The zero-order chi connectivity index (χ0) is 22.7. The van der Waals surface area contributed by atoms with Gasteiger partial charge in [0.2, 0.25) is 5.91 Å². The minimum absolute atomic E-state index is 0.0657. The SMILES string of the molecule is CN1[C@@H](CC(=O)NCCc2ccccc2F)CC[C@H]1CNS(=O)(=O)N(C)C.O=CO. The summed E-state index contributed by atoms with van der Waals surface area (Å²) in [5, 5.41) is 9.73. The summed E-state index contributed by atoms with van der Waals surface area (Å²) in [4.78, 5) is 22.6. The second-order valence-corrected chi connectivity index (χ2v) is 9.16. The quantitative estimate of drug-likeness (QED) is 0.474. The Bertz CT molecular complexity index is 791. The fourth-order valence-corrected chi connectivity index (χ4v) is 3.90. The fraction of sp³-hybridized carbons (Fsp3) is 0.579. The molecule has 1 aromatic rings. The number of nitrogens with zero attached hydrogens (tertiary/aromatic N) is 2. The molecule has 1 fully saturated rings. The van der Waals surface area contributed by atoms with Crippen molar-refractivity contribution in [2.45, 2.75) is 37.8 Å². The number of benzene rings is 1. The number of hydrogen-bond acceptors (Lipinski definition) is 5. The summed E-state index contributed by atoms with van der Waals surface area (Å²) in [5.74, 6) is -0.331. The Morgan fingerprint density at radius 1 is 1.30 bits per heavy atom. The molecular formula is C19H31FN4O5S. The van der Waals surface area contributed by atoms with Crippen molar-refractivity contribution in [1.29, 1.82) is 0 Å². The molecule has 0 spiro atoms. The molecule has 11 heteroatoms. The van der Waals surface area contributed by atoms with Crippen molar-refractivity contribution in [3.63, 3.8) is 0 Å². The first-order valence-corrected chi connectivity index (χ1v) is 11.0. The van der Waals surface area contributed by atoms with Crippen LogP contribution in [0.1, 0.15) is 24.8 Å². The Kier molecular flexibility index (Phi) is 10.9. The van der Waals surface area contributed by atoms with Gasteiger partial charge in [0.1, 0.15) is 5.82 Å². The second kappa shape index (κ2) is 12.6. The molecule has 170 valence electrons. The van der Waals surface area contributed by atoms with Crippen molar-refractivity contribution in [1.82, 2.24) is 19.2 Å². The third kappa shape index (κ3) is 8.34. The summed E-state index contributed by atoms with van der Waals surface area (Å²) in [6.07, 6.45) is 2.48. The Balaban J connectivity index is 0.00000141. The van der Waals surface area contributed by atoms with E-state index in [1.807, 2.05) is 7.05 Å². The van der Waals surface area contributed by atoms with Crippen LogP contribution in [0.5, 0.6) is 0 Å². The van der Waals surface area contributed by atoms with Crippen LogP contribution in [0.4, 0.5) is 4.39 Å². The lowest BCUT2D eigenvalue weighted by Crippen LogP contribution is -2.45. The first-order chi connectivity index (χ1) is 14.1. The van der Waals surface area contributed by atoms with E-state index in [4.69, 9.17) is 9.90 Å². The maximum absolute atomic E-state index is 13.6. The summed E-state index contributed by atoms with van der Waals surface area (Å²) in [6, 6.07) is 6.69. The Morgan fingerprint density at radius 3 is 2.50 bits per heavy atom. The molecule has 0 saturated carbocycles. The average molecular weight is 447 g/mol. The van der Waals surface area contributed by atoms with Crippen molar-refractivity contribution in [2.75, 3.05) is 34.2 Å². The zero-order valence-corrected chi connectivity index (χ0v) is 18.4. The lowest BCUT2D eigenvalue weighted by molar-refractivity contribution is -0.123. The van der Waals surface area contributed by atoms with Crippen LogP contribution in [0.25, 0.3) is 0 Å². The highest BCUT2D eigenvalue weighted by Gasteiger charge is 2.32. The van der Waals surface area contributed by atoms with E-state index in [0.717, 1.165) is 17.1 Å². The molecule has 2 rings (SSSR count). The van der Waals surface area contributed by atoms with Gasteiger partial charge in [-0.15, -0.1) is 0 Å². The van der Waals surface area contributed by atoms with E-state index in [-0.39, 0.29) is 30.3 Å². The molecule has 30 heavy (non-hydrogen) atoms. The minimum atomic E-state index is -3.44. The summed E-state index contributed by atoms with van der Waals surface area (Å²) < 4.78 is 40.9. The number of likely N-dealkylation sites (tertiary alicyclic amines) is 1. The van der Waals surface area contributed by atoms with E-state index in [2.05, 4.69) is 14.9 Å². The number of rotatable bonds is 9. The van der Waals surface area contributed by atoms with Crippen LogP contribution in [-0.4, -0.2) is 81.4 Å². The molecule has 0 aromatic heterocycles. The highest BCUT2D eigenvalue weighted by atomic mass is 32.2. The van der Waals surface area contributed by atoms with Gasteiger partial charge < -0.3 is 10.4 Å². The second-order valence-electron chi connectivity index (χ2n) is 7.19. The monoisotopic (exact) mass is 446 g/mol. The molecule has 9 nitrogen and oxygen atoms in total. The van der Waals surface area contributed by atoms with Crippen molar-refractivity contribution in [2.24, 2.45) is 0 Å². The molecule has 1 aliphatic rings. The molecule has 1 heterocycles. The van der Waals surface area contributed by atoms with Crippen molar-refractivity contribution in [3.05, 3.63) is 35.6 Å². The predicted octanol–water partition coefficient (Wildman–Crippen LogP) is 0.434. The zero-order valence-electron chi connectivity index (χ0n) is 17.5. The molecular weight excluding hydrogens is 415 g/mol. The summed E-state index contributed by atoms with van der Waals surface area (Å²) >= 11 is 0. The van der Waals surface area contributed by atoms with Gasteiger partial charge in [0.05, 0.1) is 0 Å². The lowest BCUT2D eigenvalue weighted by Gasteiger charge is -2.26. The first kappa shape index (κ1) is 26.0. The summed E-state index contributed by atoms with van der Waals surface area (Å²) in [5.41, 5.74) is 0.587. The molecule has 0 radical (unpaired) electrons. The third-order valence-electron chi connectivity index (χ3n) is 5.06. The largest absolute Gasteiger partial charge is 0.483 e. The third-order valence-corrected chi connectivity index (χ3v) is 6.56. The lowest BCUT2D eigenvalue weighted by atomic mass is 10.1. The highest BCUT2D eigenvalue weighted by molar-refractivity contribution is 7.87. The van der Waals surface area contributed by atoms with Gasteiger partial charge in [-0.3, -0.25) is 14.5 Å². The van der Waals surface area contributed by atoms with Crippen LogP contribution in [0.15, 0.2) is 24.3 Å². The van der Waals surface area contributed by atoms with Crippen LogP contribution < -0.4 is 10.0 Å². The standard InChI is InChI=1S/C18H29FN4O3S.CH2O2/c1-22(2)27(25,26)21-13-16-9-8-15(23(16)3)12-18(24)20-11-10-14-6-4-5-7-17(14)19;2-1-3/h4-7,15-16,21H,8-13H2,1-3H3,(H,20,24);1H,(H,2,3)/t15-,16+;/m1./s1. The molecule has 1 aromatic carbocycles. The van der Waals surface area contributed by atoms with E-state index in [0.29, 0.717) is 31.5 Å². The van der Waals surface area contributed by atoms with Gasteiger partial charge in [0.25, 0.3) is 16.7 Å². The maximum atomic E-state index is 13.6. The molecule has 2 atom stereocenters. The number of hydrogen-bond donors (Lipinski definition) is 3.